The Morgan fingerprint density at radius 3 is 1.38 bits per heavy atom. The van der Waals surface area contributed by atoms with E-state index in [4.69, 9.17) is 25.5 Å². The molecule has 6 N–H and O–H groups in total. The number of nitrogens with one attached hydrogen (secondary N) is 2. The molecule has 60 heavy (non-hydrogen) atoms. The van der Waals surface area contributed by atoms with Gasteiger partial charge in [0.25, 0.3) is 0 Å². The van der Waals surface area contributed by atoms with Gasteiger partial charge >= 0.3 is 12.2 Å². The number of likely N-dealkylation sites (tertiary alicyclic amines) is 2. The zero-order valence-corrected chi connectivity index (χ0v) is 35.7. The molecule has 1 aromatic heterocycles. The first-order valence-electron chi connectivity index (χ1n) is 20.0. The van der Waals surface area contributed by atoms with E-state index >= 15 is 0 Å². The van der Waals surface area contributed by atoms with E-state index in [0.717, 1.165) is 11.1 Å². The number of hydrogen-bond donors (Lipinski definition) is 4. The Morgan fingerprint density at radius 1 is 0.700 bits per heavy atom. The monoisotopic (exact) mass is 830 g/mol. The maximum Gasteiger partial charge on any atom is 0.407 e. The van der Waals surface area contributed by atoms with Gasteiger partial charge in [-0.25, -0.2) is 9.59 Å². The molecule has 2 saturated heterocycles. The van der Waals surface area contributed by atoms with Gasteiger partial charge < -0.3 is 50.8 Å². The van der Waals surface area contributed by atoms with Crippen LogP contribution in [0.2, 0.25) is 0 Å². The molecule has 2 aliphatic rings. The predicted octanol–water partition coefficient (Wildman–Crippen LogP) is 4.03. The van der Waals surface area contributed by atoms with Crippen molar-refractivity contribution >= 4 is 41.6 Å². The van der Waals surface area contributed by atoms with Crippen LogP contribution in [-0.2, 0) is 52.8 Å². The van der Waals surface area contributed by atoms with E-state index in [1.165, 1.54) is 30.3 Å². The van der Waals surface area contributed by atoms with Crippen LogP contribution in [0.3, 0.4) is 0 Å². The van der Waals surface area contributed by atoms with E-state index in [-0.39, 0.29) is 13.1 Å². The number of aromatic nitrogens is 1. The summed E-state index contributed by atoms with van der Waals surface area (Å²) in [5.41, 5.74) is 10.8. The van der Waals surface area contributed by atoms with Crippen molar-refractivity contribution in [1.82, 2.24) is 25.6 Å². The molecule has 0 radical (unpaired) electrons. The highest BCUT2D eigenvalue weighted by atomic mass is 16.5. The first kappa shape index (κ1) is 45.0. The second-order valence-corrected chi connectivity index (χ2v) is 17.6. The fraction of sp³-hybridized carbons (Fsp3) is 0.512. The predicted molar refractivity (Wildman–Crippen MR) is 220 cm³/mol. The number of hydrogen-bond acceptors (Lipinski definition) is 11. The maximum absolute atomic E-state index is 14.1. The average Bonchev–Trinajstić information content (AvgIpc) is 3.99. The fourth-order valence-electron chi connectivity index (χ4n) is 8.39. The van der Waals surface area contributed by atoms with Crippen LogP contribution in [0.1, 0.15) is 89.5 Å². The third-order valence-corrected chi connectivity index (χ3v) is 11.6. The minimum absolute atomic E-state index is 0.274. The summed E-state index contributed by atoms with van der Waals surface area (Å²) in [6.07, 6.45) is 1.64. The number of ether oxygens (including phenoxy) is 2. The molecular weight excluding hydrogens is 773 g/mol. The molecule has 2 fully saturated rings. The molecule has 2 aromatic carbocycles. The lowest BCUT2D eigenvalue weighted by Gasteiger charge is -2.41. The standard InChI is InChI=1S/C43H58N8O9/c1-40(2,3)32(46-38(56)58-7)34(52)50-22-9-20-42(50,36(44)54)29-15-11-27(12-16-29)25-49(31-19-24-60-48-31)26-28-13-17-30(18-14-28)43(37(45)55)21-10-23-51(43)35(53)33(41(4,5)6)47-39(57)59-8/h11-19,24,32-33H,9-10,20-23,25-26H2,1-8H3,(H2,44,54)(H2,45,55)(H,46,56)(H,47,57)/t32-,33-,42+,43+/m1/s1. The Morgan fingerprint density at radius 2 is 1.08 bits per heavy atom. The number of anilines is 1. The summed E-state index contributed by atoms with van der Waals surface area (Å²) in [4.78, 5) is 84.4. The number of methoxy groups -OCH3 is 2. The summed E-state index contributed by atoms with van der Waals surface area (Å²) in [7, 11) is 2.44. The van der Waals surface area contributed by atoms with Crippen LogP contribution in [0.25, 0.3) is 0 Å². The number of carbonyl (C=O) groups is 6. The summed E-state index contributed by atoms with van der Waals surface area (Å²) < 4.78 is 14.8. The summed E-state index contributed by atoms with van der Waals surface area (Å²) in [6, 6.07) is 14.4. The van der Waals surface area contributed by atoms with Gasteiger partial charge in [0.1, 0.15) is 29.4 Å². The van der Waals surface area contributed by atoms with Gasteiger partial charge in [-0.1, -0.05) is 95.2 Å². The lowest BCUT2D eigenvalue weighted by atomic mass is 9.82. The normalized spacial score (nSPS) is 20.2. The van der Waals surface area contributed by atoms with Crippen molar-refractivity contribution in [2.24, 2.45) is 22.3 Å². The van der Waals surface area contributed by atoms with E-state index in [0.29, 0.717) is 55.7 Å². The number of nitrogens with two attached hydrogens (primary N) is 2. The highest BCUT2D eigenvalue weighted by Crippen LogP contribution is 2.42. The molecule has 17 heteroatoms. The van der Waals surface area contributed by atoms with Crippen molar-refractivity contribution in [2.45, 2.75) is 103 Å². The number of carbonyl (C=O) groups excluding carboxylic acids is 6. The molecule has 3 aromatic rings. The second-order valence-electron chi connectivity index (χ2n) is 17.6. The van der Waals surface area contributed by atoms with Gasteiger partial charge in [-0.15, -0.1) is 0 Å². The number of benzene rings is 2. The van der Waals surface area contributed by atoms with Crippen molar-refractivity contribution in [2.75, 3.05) is 32.2 Å². The zero-order chi connectivity index (χ0) is 44.2. The van der Waals surface area contributed by atoms with Crippen LogP contribution in [0.4, 0.5) is 15.4 Å². The third-order valence-electron chi connectivity index (χ3n) is 11.6. The van der Waals surface area contributed by atoms with Crippen LogP contribution in [0.5, 0.6) is 0 Å². The minimum atomic E-state index is -1.43. The van der Waals surface area contributed by atoms with Crippen molar-refractivity contribution in [1.29, 1.82) is 0 Å². The molecule has 0 saturated carbocycles. The lowest BCUT2D eigenvalue weighted by Crippen LogP contribution is -2.61. The molecule has 4 atom stereocenters. The lowest BCUT2D eigenvalue weighted by molar-refractivity contribution is -0.147. The van der Waals surface area contributed by atoms with Gasteiger partial charge in [-0.05, 0) is 58.8 Å². The van der Waals surface area contributed by atoms with Crippen molar-refractivity contribution < 1.29 is 42.8 Å². The highest BCUT2D eigenvalue weighted by Gasteiger charge is 2.54. The van der Waals surface area contributed by atoms with E-state index < -0.39 is 69.8 Å². The molecule has 5 rings (SSSR count). The van der Waals surface area contributed by atoms with E-state index in [9.17, 15) is 28.8 Å². The topological polar surface area (TPSA) is 233 Å². The smallest absolute Gasteiger partial charge is 0.407 e. The largest absolute Gasteiger partial charge is 0.453 e. The minimum Gasteiger partial charge on any atom is -0.453 e. The summed E-state index contributed by atoms with van der Waals surface area (Å²) in [5.74, 6) is -1.65. The van der Waals surface area contributed by atoms with Gasteiger partial charge in [-0.3, -0.25) is 19.2 Å². The first-order chi connectivity index (χ1) is 28.2. The van der Waals surface area contributed by atoms with E-state index in [1.54, 1.807) is 30.3 Å². The Bertz CT molecular complexity index is 1910. The Labute approximate surface area is 350 Å². The summed E-state index contributed by atoms with van der Waals surface area (Å²) in [6.45, 7) is 12.2. The number of rotatable bonds is 13. The van der Waals surface area contributed by atoms with Gasteiger partial charge in [-0.2, -0.15) is 0 Å². The molecule has 6 amide bonds. The molecule has 17 nitrogen and oxygen atoms in total. The average molecular weight is 831 g/mol. The molecular formula is C43H58N8O9. The van der Waals surface area contributed by atoms with Gasteiger partial charge in [0.05, 0.1) is 14.2 Å². The number of primary amides is 2. The zero-order valence-electron chi connectivity index (χ0n) is 35.7. The fourth-order valence-corrected chi connectivity index (χ4v) is 8.39. The van der Waals surface area contributed by atoms with E-state index in [1.807, 2.05) is 70.7 Å². The second kappa shape index (κ2) is 17.6. The van der Waals surface area contributed by atoms with Crippen LogP contribution in [-0.4, -0.2) is 90.2 Å². The summed E-state index contributed by atoms with van der Waals surface area (Å²) in [5, 5.41) is 9.48. The molecule has 0 aliphatic carbocycles. The van der Waals surface area contributed by atoms with Crippen molar-refractivity contribution in [3.05, 3.63) is 83.1 Å². The molecule has 0 bridgehead atoms. The quantitative estimate of drug-likeness (QED) is 0.192. The van der Waals surface area contributed by atoms with Crippen LogP contribution < -0.4 is 27.0 Å². The van der Waals surface area contributed by atoms with Crippen molar-refractivity contribution in [3.8, 4) is 0 Å². The molecule has 0 unspecified atom stereocenters. The maximum atomic E-state index is 14.1. The molecule has 3 heterocycles. The van der Waals surface area contributed by atoms with Gasteiger partial charge in [0.2, 0.25) is 23.6 Å². The Balaban J connectivity index is 1.40. The molecule has 324 valence electrons. The van der Waals surface area contributed by atoms with Crippen LogP contribution in [0.15, 0.2) is 65.4 Å². The van der Waals surface area contributed by atoms with Crippen molar-refractivity contribution in [3.63, 3.8) is 0 Å². The number of amides is 6. The van der Waals surface area contributed by atoms with Crippen LogP contribution >= 0.6 is 0 Å². The SMILES string of the molecule is COC(=O)N[C@H](C(=O)N1CCC[C@@]1(C(N)=O)c1ccc(CN(Cc2ccc([C@]3(C(N)=O)CCCN3C(=O)[C@@H](NC(=O)OC)C(C)(C)C)cc2)c2ccon2)cc1)C(C)(C)C. The van der Waals surface area contributed by atoms with E-state index in [2.05, 4.69) is 15.8 Å². The third kappa shape index (κ3) is 8.89. The molecule has 0 spiro atoms. The Hall–Kier alpha value is -6.13. The van der Waals surface area contributed by atoms with Crippen LogP contribution in [0, 0.1) is 10.8 Å². The molecule has 2 aliphatic heterocycles. The number of nitrogens with zero attached hydrogens (tertiary/aromatic N) is 4. The van der Waals surface area contributed by atoms with Gasteiger partial charge in [0, 0.05) is 32.2 Å². The van der Waals surface area contributed by atoms with Gasteiger partial charge in [0.15, 0.2) is 5.82 Å². The Kier molecular flexibility index (Phi) is 13.2. The first-order valence-corrected chi connectivity index (χ1v) is 20.0. The summed E-state index contributed by atoms with van der Waals surface area (Å²) >= 11 is 0. The highest BCUT2D eigenvalue weighted by molar-refractivity contribution is 5.96. The number of alkyl carbamates (subject to hydrolysis) is 2.